The van der Waals surface area contributed by atoms with Gasteiger partial charge in [0.25, 0.3) is 0 Å². The average Bonchev–Trinajstić information content (AvgIpc) is 3.06. The number of benzene rings is 1. The molecule has 6 nitrogen and oxygen atoms in total. The van der Waals surface area contributed by atoms with E-state index in [1.807, 2.05) is 12.1 Å². The van der Waals surface area contributed by atoms with E-state index in [2.05, 4.69) is 5.32 Å². The largest absolute Gasteiger partial charge is 0.493 e. The first kappa shape index (κ1) is 16.5. The number of hydrogen-bond donors (Lipinski definition) is 2. The van der Waals surface area contributed by atoms with Crippen molar-refractivity contribution in [3.05, 3.63) is 17.7 Å². The average molecular weight is 347 g/mol. The number of carbonyl (C=O) groups is 1. The van der Waals surface area contributed by atoms with Crippen molar-refractivity contribution in [2.24, 2.45) is 11.3 Å². The molecule has 1 heterocycles. The summed E-state index contributed by atoms with van der Waals surface area (Å²) in [5.41, 5.74) is 1.51. The van der Waals surface area contributed by atoms with Crippen LogP contribution >= 0.6 is 0 Å². The molecule has 1 aromatic rings. The van der Waals surface area contributed by atoms with Crippen molar-refractivity contribution in [3.63, 3.8) is 0 Å². The third kappa shape index (κ3) is 3.15. The van der Waals surface area contributed by atoms with Crippen molar-refractivity contribution in [2.45, 2.75) is 51.1 Å². The molecule has 6 heteroatoms. The van der Waals surface area contributed by atoms with Gasteiger partial charge in [0.2, 0.25) is 12.5 Å². The van der Waals surface area contributed by atoms with Crippen LogP contribution in [0.3, 0.4) is 0 Å². The van der Waals surface area contributed by atoms with Gasteiger partial charge in [-0.15, -0.1) is 0 Å². The van der Waals surface area contributed by atoms with Gasteiger partial charge >= 0.3 is 5.97 Å². The maximum atomic E-state index is 11.1. The zero-order valence-electron chi connectivity index (χ0n) is 14.5. The Hall–Kier alpha value is -1.95. The first-order valence-corrected chi connectivity index (χ1v) is 9.01. The Labute approximate surface area is 147 Å². The van der Waals surface area contributed by atoms with Crippen molar-refractivity contribution < 1.29 is 24.1 Å². The monoisotopic (exact) mass is 347 g/mol. The zero-order valence-corrected chi connectivity index (χ0v) is 14.5. The van der Waals surface area contributed by atoms with Gasteiger partial charge in [-0.25, -0.2) is 0 Å². The van der Waals surface area contributed by atoms with Crippen LogP contribution in [0.1, 0.15) is 44.1 Å². The van der Waals surface area contributed by atoms with E-state index in [1.54, 1.807) is 7.11 Å². The SMILES string of the molecule is COc1cc(CNC2CC3(CCC(C(=O)O)CC3)C2)cc2c1OCO2. The minimum atomic E-state index is -0.624. The van der Waals surface area contributed by atoms with Crippen molar-refractivity contribution in [2.75, 3.05) is 13.9 Å². The molecule has 0 bridgehead atoms. The van der Waals surface area contributed by atoms with Crippen LogP contribution < -0.4 is 19.5 Å². The first-order valence-electron chi connectivity index (χ1n) is 9.01. The summed E-state index contributed by atoms with van der Waals surface area (Å²) in [5.74, 6) is 1.39. The van der Waals surface area contributed by atoms with Gasteiger partial charge < -0.3 is 24.6 Å². The summed E-state index contributed by atoms with van der Waals surface area (Å²) in [6.07, 6.45) is 6.09. The highest BCUT2D eigenvalue weighted by Crippen LogP contribution is 2.53. The molecule has 25 heavy (non-hydrogen) atoms. The molecular weight excluding hydrogens is 322 g/mol. The Morgan fingerprint density at radius 1 is 1.32 bits per heavy atom. The maximum Gasteiger partial charge on any atom is 0.306 e. The van der Waals surface area contributed by atoms with Crippen LogP contribution in [0, 0.1) is 11.3 Å². The van der Waals surface area contributed by atoms with E-state index in [4.69, 9.17) is 19.3 Å². The molecule has 1 aromatic carbocycles. The van der Waals surface area contributed by atoms with E-state index in [9.17, 15) is 4.79 Å². The predicted octanol–water partition coefficient (Wildman–Crippen LogP) is 2.94. The predicted molar refractivity (Wildman–Crippen MR) is 91.0 cm³/mol. The molecule has 0 aromatic heterocycles. The van der Waals surface area contributed by atoms with E-state index in [-0.39, 0.29) is 12.7 Å². The van der Waals surface area contributed by atoms with Crippen LogP contribution in [0.2, 0.25) is 0 Å². The van der Waals surface area contributed by atoms with Crippen molar-refractivity contribution >= 4 is 5.97 Å². The van der Waals surface area contributed by atoms with Crippen LogP contribution in [-0.4, -0.2) is 31.0 Å². The molecule has 0 amide bonds. The Morgan fingerprint density at radius 2 is 2.08 bits per heavy atom. The maximum absolute atomic E-state index is 11.1. The van der Waals surface area contributed by atoms with Gasteiger partial charge in [0.15, 0.2) is 11.5 Å². The van der Waals surface area contributed by atoms with Gasteiger partial charge in [0.1, 0.15) is 0 Å². The lowest BCUT2D eigenvalue weighted by Crippen LogP contribution is -2.50. The fourth-order valence-corrected chi connectivity index (χ4v) is 4.56. The molecule has 2 fully saturated rings. The van der Waals surface area contributed by atoms with Gasteiger partial charge in [-0.2, -0.15) is 0 Å². The van der Waals surface area contributed by atoms with Crippen molar-refractivity contribution in [1.82, 2.24) is 5.32 Å². The minimum Gasteiger partial charge on any atom is -0.493 e. The quantitative estimate of drug-likeness (QED) is 0.853. The smallest absolute Gasteiger partial charge is 0.306 e. The second-order valence-corrected chi connectivity index (χ2v) is 7.63. The number of aliphatic carboxylic acids is 1. The van der Waals surface area contributed by atoms with Crippen LogP contribution in [0.15, 0.2) is 12.1 Å². The lowest BCUT2D eigenvalue weighted by Gasteiger charge is -2.51. The molecule has 136 valence electrons. The van der Waals surface area contributed by atoms with E-state index >= 15 is 0 Å². The topological polar surface area (TPSA) is 77.0 Å². The zero-order chi connectivity index (χ0) is 17.4. The van der Waals surface area contributed by atoms with Crippen LogP contribution in [0.25, 0.3) is 0 Å². The van der Waals surface area contributed by atoms with E-state index in [0.29, 0.717) is 23.0 Å². The highest BCUT2D eigenvalue weighted by molar-refractivity contribution is 5.70. The minimum absolute atomic E-state index is 0.126. The van der Waals surface area contributed by atoms with Gasteiger partial charge in [-0.1, -0.05) is 0 Å². The Morgan fingerprint density at radius 3 is 2.76 bits per heavy atom. The number of carboxylic acids is 1. The molecule has 3 aliphatic rings. The summed E-state index contributed by atoms with van der Waals surface area (Å²) in [4.78, 5) is 11.1. The molecule has 2 saturated carbocycles. The van der Waals surface area contributed by atoms with E-state index in [0.717, 1.165) is 56.4 Å². The van der Waals surface area contributed by atoms with Crippen molar-refractivity contribution in [1.29, 1.82) is 0 Å². The summed E-state index contributed by atoms with van der Waals surface area (Å²) in [6.45, 7) is 1.01. The molecule has 2 N–H and O–H groups in total. The highest BCUT2D eigenvalue weighted by Gasteiger charge is 2.46. The van der Waals surface area contributed by atoms with Crippen molar-refractivity contribution in [3.8, 4) is 17.2 Å². The van der Waals surface area contributed by atoms with E-state index in [1.165, 1.54) is 0 Å². The number of ether oxygens (including phenoxy) is 3. The first-order chi connectivity index (χ1) is 12.1. The second-order valence-electron chi connectivity index (χ2n) is 7.63. The van der Waals surface area contributed by atoms with Crippen LogP contribution in [-0.2, 0) is 11.3 Å². The Balaban J connectivity index is 1.29. The van der Waals surface area contributed by atoms with Gasteiger partial charge in [0, 0.05) is 12.6 Å². The summed E-state index contributed by atoms with van der Waals surface area (Å²) < 4.78 is 16.3. The Kier molecular flexibility index (Phi) is 4.23. The normalized spacial score (nSPS) is 30.1. The van der Waals surface area contributed by atoms with Gasteiger partial charge in [-0.05, 0) is 61.6 Å². The standard InChI is InChI=1S/C19H25NO5/c1-23-15-6-12(7-16-17(15)25-11-24-16)10-20-14-8-19(9-14)4-2-13(3-5-19)18(21)22/h6-7,13-14,20H,2-5,8-11H2,1H3,(H,21,22). The molecule has 4 rings (SSSR count). The number of methoxy groups -OCH3 is 1. The number of fused-ring (bicyclic) bond motifs is 1. The number of rotatable bonds is 5. The third-order valence-corrected chi connectivity index (χ3v) is 6.07. The third-order valence-electron chi connectivity index (χ3n) is 6.07. The number of nitrogens with one attached hydrogen (secondary N) is 1. The number of carboxylic acid groups (broad SMARTS) is 1. The fourth-order valence-electron chi connectivity index (χ4n) is 4.56. The summed E-state index contributed by atoms with van der Waals surface area (Å²) in [7, 11) is 1.64. The number of hydrogen-bond acceptors (Lipinski definition) is 5. The summed E-state index contributed by atoms with van der Waals surface area (Å²) in [5, 5.41) is 12.7. The molecule has 2 aliphatic carbocycles. The fraction of sp³-hybridized carbons (Fsp3) is 0.632. The molecule has 0 radical (unpaired) electrons. The lowest BCUT2D eigenvalue weighted by atomic mass is 9.57. The second kappa shape index (κ2) is 6.41. The molecule has 0 atom stereocenters. The van der Waals surface area contributed by atoms with Crippen LogP contribution in [0.5, 0.6) is 17.2 Å². The summed E-state index contributed by atoms with van der Waals surface area (Å²) >= 11 is 0. The Bertz CT molecular complexity index is 658. The van der Waals surface area contributed by atoms with E-state index < -0.39 is 5.97 Å². The molecular formula is C19H25NO5. The molecule has 1 spiro atoms. The van der Waals surface area contributed by atoms with Crippen LogP contribution in [0.4, 0.5) is 0 Å². The molecule has 1 aliphatic heterocycles. The highest BCUT2D eigenvalue weighted by atomic mass is 16.7. The van der Waals surface area contributed by atoms with Gasteiger partial charge in [-0.3, -0.25) is 4.79 Å². The molecule has 0 unspecified atom stereocenters. The summed E-state index contributed by atoms with van der Waals surface area (Å²) in [6, 6.07) is 4.51. The lowest BCUT2D eigenvalue weighted by molar-refractivity contribution is -0.144. The van der Waals surface area contributed by atoms with Gasteiger partial charge in [0.05, 0.1) is 13.0 Å². The molecule has 0 saturated heterocycles.